The summed E-state index contributed by atoms with van der Waals surface area (Å²) >= 11 is 0. The Labute approximate surface area is 127 Å². The number of carboxylic acids is 1. The van der Waals surface area contributed by atoms with Crippen LogP contribution in [0, 0.1) is 0 Å². The molecule has 114 valence electrons. The fourth-order valence-electron chi connectivity index (χ4n) is 1.83. The van der Waals surface area contributed by atoms with Crippen molar-refractivity contribution in [3.63, 3.8) is 0 Å². The second-order valence-electron chi connectivity index (χ2n) is 4.42. The van der Waals surface area contributed by atoms with Gasteiger partial charge in [-0.25, -0.2) is 0 Å². The molecule has 2 aromatic carbocycles. The summed E-state index contributed by atoms with van der Waals surface area (Å²) in [6.45, 7) is 0. The van der Waals surface area contributed by atoms with Crippen LogP contribution in [0.15, 0.2) is 42.5 Å². The van der Waals surface area contributed by atoms with Crippen molar-refractivity contribution in [2.75, 3.05) is 19.5 Å². The molecule has 0 unspecified atom stereocenters. The Kier molecular flexibility index (Phi) is 4.63. The Morgan fingerprint density at radius 1 is 0.909 bits per heavy atom. The van der Waals surface area contributed by atoms with Gasteiger partial charge in [0.1, 0.15) is 11.5 Å². The molecule has 2 rings (SSSR count). The second kappa shape index (κ2) is 6.62. The Bertz CT molecular complexity index is 672. The van der Waals surface area contributed by atoms with Crippen LogP contribution in [0.5, 0.6) is 11.5 Å². The number of aromatic carboxylic acids is 1. The van der Waals surface area contributed by atoms with E-state index in [0.29, 0.717) is 22.7 Å². The topological polar surface area (TPSA) is 87.7 Å². The SMILES string of the molecule is COc1cc(OC)cc(C(=O)Nc2ccc(C(=O)[O-])cc2)c1. The molecule has 0 bridgehead atoms. The van der Waals surface area contributed by atoms with E-state index in [-0.39, 0.29) is 11.5 Å². The van der Waals surface area contributed by atoms with E-state index in [9.17, 15) is 14.7 Å². The number of carbonyl (C=O) groups is 2. The molecular formula is C16H14NO5-. The van der Waals surface area contributed by atoms with Crippen LogP contribution in [0.2, 0.25) is 0 Å². The maximum absolute atomic E-state index is 12.2. The summed E-state index contributed by atoms with van der Waals surface area (Å²) in [6.07, 6.45) is 0. The number of benzene rings is 2. The number of hydrogen-bond acceptors (Lipinski definition) is 5. The smallest absolute Gasteiger partial charge is 0.255 e. The predicted molar refractivity (Wildman–Crippen MR) is 78.3 cm³/mol. The van der Waals surface area contributed by atoms with Crippen molar-refractivity contribution in [1.29, 1.82) is 0 Å². The van der Waals surface area contributed by atoms with E-state index in [4.69, 9.17) is 9.47 Å². The third-order valence-corrected chi connectivity index (χ3v) is 2.99. The zero-order chi connectivity index (χ0) is 16.1. The number of carboxylic acid groups (broad SMARTS) is 1. The lowest BCUT2D eigenvalue weighted by molar-refractivity contribution is -0.255. The van der Waals surface area contributed by atoms with Crippen LogP contribution in [0.4, 0.5) is 5.69 Å². The highest BCUT2D eigenvalue weighted by Gasteiger charge is 2.10. The van der Waals surface area contributed by atoms with Crippen molar-refractivity contribution in [1.82, 2.24) is 0 Å². The van der Waals surface area contributed by atoms with Crippen molar-refractivity contribution < 1.29 is 24.2 Å². The zero-order valence-electron chi connectivity index (χ0n) is 12.1. The minimum absolute atomic E-state index is 0.0426. The van der Waals surface area contributed by atoms with Crippen LogP contribution >= 0.6 is 0 Å². The minimum atomic E-state index is -1.27. The number of rotatable bonds is 5. The van der Waals surface area contributed by atoms with Gasteiger partial charge < -0.3 is 24.7 Å². The first kappa shape index (κ1) is 15.4. The van der Waals surface area contributed by atoms with Gasteiger partial charge in [-0.3, -0.25) is 4.79 Å². The molecule has 1 amide bonds. The molecule has 0 aliphatic rings. The van der Waals surface area contributed by atoms with Crippen molar-refractivity contribution in [3.8, 4) is 11.5 Å². The lowest BCUT2D eigenvalue weighted by Gasteiger charge is -2.10. The summed E-state index contributed by atoms with van der Waals surface area (Å²) in [7, 11) is 2.99. The van der Waals surface area contributed by atoms with Gasteiger partial charge in [-0.1, -0.05) is 12.1 Å². The van der Waals surface area contributed by atoms with Gasteiger partial charge in [-0.05, 0) is 29.8 Å². The maximum Gasteiger partial charge on any atom is 0.255 e. The number of amides is 1. The van der Waals surface area contributed by atoms with Crippen LogP contribution in [0.3, 0.4) is 0 Å². The highest BCUT2D eigenvalue weighted by molar-refractivity contribution is 6.05. The Balaban J connectivity index is 2.19. The van der Waals surface area contributed by atoms with E-state index in [1.54, 1.807) is 18.2 Å². The summed E-state index contributed by atoms with van der Waals surface area (Å²) in [4.78, 5) is 22.9. The lowest BCUT2D eigenvalue weighted by Crippen LogP contribution is -2.22. The molecule has 0 fully saturated rings. The Hall–Kier alpha value is -3.02. The van der Waals surface area contributed by atoms with E-state index in [2.05, 4.69) is 5.32 Å². The number of methoxy groups -OCH3 is 2. The van der Waals surface area contributed by atoms with E-state index >= 15 is 0 Å². The minimum Gasteiger partial charge on any atom is -0.545 e. The highest BCUT2D eigenvalue weighted by Crippen LogP contribution is 2.23. The molecule has 0 heterocycles. The Morgan fingerprint density at radius 3 is 1.91 bits per heavy atom. The molecule has 0 aliphatic heterocycles. The van der Waals surface area contributed by atoms with E-state index in [0.717, 1.165) is 0 Å². The quantitative estimate of drug-likeness (QED) is 0.899. The lowest BCUT2D eigenvalue weighted by atomic mass is 10.1. The van der Waals surface area contributed by atoms with E-state index < -0.39 is 5.97 Å². The number of ether oxygens (including phenoxy) is 2. The van der Waals surface area contributed by atoms with Crippen LogP contribution in [-0.2, 0) is 0 Å². The first-order valence-corrected chi connectivity index (χ1v) is 6.39. The predicted octanol–water partition coefficient (Wildman–Crippen LogP) is 1.32. The van der Waals surface area contributed by atoms with Gasteiger partial charge in [-0.2, -0.15) is 0 Å². The fraction of sp³-hybridized carbons (Fsp3) is 0.125. The molecule has 0 aromatic heterocycles. The van der Waals surface area contributed by atoms with Crippen molar-refractivity contribution in [2.45, 2.75) is 0 Å². The number of hydrogen-bond donors (Lipinski definition) is 1. The molecule has 0 radical (unpaired) electrons. The molecule has 6 nitrogen and oxygen atoms in total. The Morgan fingerprint density at radius 2 is 1.45 bits per heavy atom. The van der Waals surface area contributed by atoms with Crippen LogP contribution < -0.4 is 19.9 Å². The van der Waals surface area contributed by atoms with Crippen molar-refractivity contribution in [3.05, 3.63) is 53.6 Å². The van der Waals surface area contributed by atoms with Crippen LogP contribution in [0.25, 0.3) is 0 Å². The largest absolute Gasteiger partial charge is 0.545 e. The van der Waals surface area contributed by atoms with Gasteiger partial charge in [0, 0.05) is 17.3 Å². The second-order valence-corrected chi connectivity index (χ2v) is 4.42. The highest BCUT2D eigenvalue weighted by atomic mass is 16.5. The van der Waals surface area contributed by atoms with Crippen LogP contribution in [0.1, 0.15) is 20.7 Å². The summed E-state index contributed by atoms with van der Waals surface area (Å²) in [5.41, 5.74) is 0.873. The summed E-state index contributed by atoms with van der Waals surface area (Å²) in [5, 5.41) is 13.3. The van der Waals surface area contributed by atoms with Crippen LogP contribution in [-0.4, -0.2) is 26.1 Å². The monoisotopic (exact) mass is 300 g/mol. The molecular weight excluding hydrogens is 286 g/mol. The third kappa shape index (κ3) is 3.54. The van der Waals surface area contributed by atoms with E-state index in [1.165, 1.54) is 38.5 Å². The molecule has 0 saturated carbocycles. The first-order valence-electron chi connectivity index (χ1n) is 6.39. The summed E-state index contributed by atoms with van der Waals surface area (Å²) in [6, 6.07) is 10.5. The summed E-state index contributed by atoms with van der Waals surface area (Å²) in [5.74, 6) is -0.637. The average molecular weight is 300 g/mol. The van der Waals surface area contributed by atoms with Gasteiger partial charge in [0.25, 0.3) is 5.91 Å². The molecule has 2 aromatic rings. The normalized spacial score (nSPS) is 9.91. The van der Waals surface area contributed by atoms with Gasteiger partial charge in [0.05, 0.1) is 20.2 Å². The van der Waals surface area contributed by atoms with Gasteiger partial charge in [0.15, 0.2) is 0 Å². The molecule has 22 heavy (non-hydrogen) atoms. The van der Waals surface area contributed by atoms with E-state index in [1.807, 2.05) is 0 Å². The molecule has 1 N–H and O–H groups in total. The fourth-order valence-corrected chi connectivity index (χ4v) is 1.83. The first-order chi connectivity index (χ1) is 10.5. The third-order valence-electron chi connectivity index (χ3n) is 2.99. The standard InChI is InChI=1S/C16H15NO5/c1-21-13-7-11(8-14(9-13)22-2)15(18)17-12-5-3-10(4-6-12)16(19)20/h3-9H,1-2H3,(H,17,18)(H,19,20)/p-1. The molecule has 6 heteroatoms. The molecule has 0 aliphatic carbocycles. The van der Waals surface area contributed by atoms with Crippen molar-refractivity contribution in [2.24, 2.45) is 0 Å². The van der Waals surface area contributed by atoms with Crippen molar-refractivity contribution >= 4 is 17.6 Å². The number of anilines is 1. The van der Waals surface area contributed by atoms with Gasteiger partial charge in [-0.15, -0.1) is 0 Å². The molecule has 0 atom stereocenters. The van der Waals surface area contributed by atoms with Gasteiger partial charge in [0.2, 0.25) is 0 Å². The zero-order valence-corrected chi connectivity index (χ0v) is 12.1. The van der Waals surface area contributed by atoms with Gasteiger partial charge >= 0.3 is 0 Å². The number of carbonyl (C=O) groups excluding carboxylic acids is 2. The molecule has 0 spiro atoms. The average Bonchev–Trinajstić information content (AvgIpc) is 2.54. The maximum atomic E-state index is 12.2. The number of nitrogens with one attached hydrogen (secondary N) is 1. The summed E-state index contributed by atoms with van der Waals surface area (Å²) < 4.78 is 10.2. The molecule has 0 saturated heterocycles.